The molecule has 0 atom stereocenters. The number of benzene rings is 1. The van der Waals surface area contributed by atoms with Crippen LogP contribution in [0.5, 0.6) is 5.75 Å². The van der Waals surface area contributed by atoms with E-state index < -0.39 is 6.86 Å². The van der Waals surface area contributed by atoms with E-state index in [1.807, 2.05) is 24.3 Å². The molecule has 1 aliphatic rings. The van der Waals surface area contributed by atoms with E-state index in [1.54, 1.807) is 0 Å². The van der Waals surface area contributed by atoms with Crippen LogP contribution in [-0.2, 0) is 0 Å². The number of ether oxygens (including phenoxy) is 1. The maximum Gasteiger partial charge on any atom is 0.228 e. The van der Waals surface area contributed by atoms with E-state index in [1.165, 1.54) is 31.2 Å². The van der Waals surface area contributed by atoms with Crippen molar-refractivity contribution in [3.05, 3.63) is 29.8 Å². The van der Waals surface area contributed by atoms with Crippen molar-refractivity contribution in [3.63, 3.8) is 0 Å². The number of halogens is 2. The summed E-state index contributed by atoms with van der Waals surface area (Å²) in [5.74, 6) is 1.89. The molecule has 1 aromatic carbocycles. The summed E-state index contributed by atoms with van der Waals surface area (Å²) in [5, 5.41) is 0. The van der Waals surface area contributed by atoms with Gasteiger partial charge in [-0.3, -0.25) is 4.39 Å². The zero-order valence-corrected chi connectivity index (χ0v) is 11.3. The van der Waals surface area contributed by atoms with Crippen LogP contribution in [0.15, 0.2) is 24.3 Å². The van der Waals surface area contributed by atoms with Gasteiger partial charge in [-0.05, 0) is 68.1 Å². The molecule has 0 radical (unpaired) electrons. The molecular weight excluding hydrogens is 246 g/mol. The number of hydrogen-bond acceptors (Lipinski definition) is 1. The van der Waals surface area contributed by atoms with Gasteiger partial charge in [0.05, 0.1) is 6.67 Å². The van der Waals surface area contributed by atoms with Gasteiger partial charge in [-0.25, -0.2) is 4.39 Å². The Bertz CT molecular complexity index is 356. The smallest absolute Gasteiger partial charge is 0.228 e. The zero-order valence-electron chi connectivity index (χ0n) is 11.3. The van der Waals surface area contributed by atoms with Crippen molar-refractivity contribution < 1.29 is 13.5 Å². The molecule has 0 bridgehead atoms. The summed E-state index contributed by atoms with van der Waals surface area (Å²) < 4.78 is 29.0. The Labute approximate surface area is 114 Å². The third-order valence-corrected chi connectivity index (χ3v) is 4.17. The predicted octanol–water partition coefficient (Wildman–Crippen LogP) is 5.02. The number of hydrogen-bond donors (Lipinski definition) is 0. The molecule has 1 aliphatic carbocycles. The summed E-state index contributed by atoms with van der Waals surface area (Å²) in [5.41, 5.74) is 1.31. The highest BCUT2D eigenvalue weighted by molar-refractivity contribution is 5.29. The molecule has 3 heteroatoms. The van der Waals surface area contributed by atoms with E-state index >= 15 is 0 Å². The zero-order chi connectivity index (χ0) is 13.5. The van der Waals surface area contributed by atoms with Crippen LogP contribution >= 0.6 is 0 Å². The molecule has 1 nitrogen and oxygen atoms in total. The summed E-state index contributed by atoms with van der Waals surface area (Å²) in [7, 11) is 0. The van der Waals surface area contributed by atoms with E-state index in [0.29, 0.717) is 24.0 Å². The summed E-state index contributed by atoms with van der Waals surface area (Å²) >= 11 is 0. The molecule has 1 aromatic rings. The lowest BCUT2D eigenvalue weighted by Gasteiger charge is -2.28. The van der Waals surface area contributed by atoms with Crippen molar-refractivity contribution in [1.29, 1.82) is 0 Å². The Hall–Kier alpha value is -1.12. The average molecular weight is 268 g/mol. The maximum atomic E-state index is 12.2. The largest absolute Gasteiger partial charge is 0.463 e. The molecule has 19 heavy (non-hydrogen) atoms. The summed E-state index contributed by atoms with van der Waals surface area (Å²) in [6, 6.07) is 7.75. The van der Waals surface area contributed by atoms with Crippen molar-refractivity contribution in [2.75, 3.05) is 13.5 Å². The third kappa shape index (κ3) is 4.19. The first-order valence-corrected chi connectivity index (χ1v) is 7.18. The van der Waals surface area contributed by atoms with Gasteiger partial charge < -0.3 is 4.74 Å². The van der Waals surface area contributed by atoms with Crippen LogP contribution in [0.3, 0.4) is 0 Å². The second kappa shape index (κ2) is 7.46. The molecule has 1 saturated carbocycles. The van der Waals surface area contributed by atoms with Crippen molar-refractivity contribution in [1.82, 2.24) is 0 Å². The van der Waals surface area contributed by atoms with Gasteiger partial charge in [-0.15, -0.1) is 0 Å². The highest BCUT2D eigenvalue weighted by Gasteiger charge is 2.21. The molecule has 0 saturated heterocycles. The van der Waals surface area contributed by atoms with Gasteiger partial charge in [0.15, 0.2) is 0 Å². The second-order valence-corrected chi connectivity index (χ2v) is 5.37. The highest BCUT2D eigenvalue weighted by Crippen LogP contribution is 2.37. The Morgan fingerprint density at radius 2 is 1.68 bits per heavy atom. The van der Waals surface area contributed by atoms with E-state index in [-0.39, 0.29) is 6.67 Å². The third-order valence-electron chi connectivity index (χ3n) is 4.17. The molecule has 0 aromatic heterocycles. The quantitative estimate of drug-likeness (QED) is 0.704. The lowest BCUT2D eigenvalue weighted by molar-refractivity contribution is 0.191. The minimum atomic E-state index is -0.779. The topological polar surface area (TPSA) is 9.23 Å². The van der Waals surface area contributed by atoms with E-state index in [4.69, 9.17) is 4.74 Å². The van der Waals surface area contributed by atoms with Crippen molar-refractivity contribution in [3.8, 4) is 5.75 Å². The average Bonchev–Trinajstić information content (AvgIpc) is 2.47. The van der Waals surface area contributed by atoms with E-state index in [0.717, 1.165) is 6.42 Å². The van der Waals surface area contributed by atoms with Gasteiger partial charge in [0, 0.05) is 0 Å². The molecule has 0 spiro atoms. The van der Waals surface area contributed by atoms with Gasteiger partial charge in [0.25, 0.3) is 0 Å². The Kier molecular flexibility index (Phi) is 5.62. The van der Waals surface area contributed by atoms with Gasteiger partial charge >= 0.3 is 0 Å². The van der Waals surface area contributed by atoms with Gasteiger partial charge in [-0.2, -0.15) is 0 Å². The van der Waals surface area contributed by atoms with Crippen LogP contribution in [0.1, 0.15) is 50.0 Å². The number of alkyl halides is 2. The lowest BCUT2D eigenvalue weighted by atomic mass is 9.77. The predicted molar refractivity (Wildman–Crippen MR) is 73.0 cm³/mol. The van der Waals surface area contributed by atoms with Crippen molar-refractivity contribution in [2.24, 2.45) is 5.92 Å². The molecule has 2 rings (SSSR count). The van der Waals surface area contributed by atoms with Crippen molar-refractivity contribution in [2.45, 2.75) is 44.4 Å². The highest BCUT2D eigenvalue weighted by atomic mass is 19.1. The molecule has 0 unspecified atom stereocenters. The SMILES string of the molecule is FCCCC1CCC(c2ccc(OCF)cc2)CC1. The molecule has 0 amide bonds. The standard InChI is InChI=1S/C16H22F2O/c17-11-1-2-13-3-5-14(6-4-13)15-7-9-16(10-8-15)19-12-18/h7-10,13-14H,1-6,11-12H2. The first-order chi connectivity index (χ1) is 9.33. The normalized spacial score (nSPS) is 23.3. The van der Waals surface area contributed by atoms with Gasteiger partial charge in [-0.1, -0.05) is 12.1 Å². The van der Waals surface area contributed by atoms with Crippen LogP contribution in [0.4, 0.5) is 8.78 Å². The Balaban J connectivity index is 1.83. The Morgan fingerprint density at radius 1 is 1.00 bits per heavy atom. The fourth-order valence-electron chi connectivity index (χ4n) is 3.05. The molecule has 106 valence electrons. The summed E-state index contributed by atoms with van der Waals surface area (Å²) in [4.78, 5) is 0. The molecular formula is C16H22F2O. The van der Waals surface area contributed by atoms with Crippen molar-refractivity contribution >= 4 is 0 Å². The van der Waals surface area contributed by atoms with Crippen LogP contribution < -0.4 is 4.74 Å². The molecule has 0 N–H and O–H groups in total. The van der Waals surface area contributed by atoms with Gasteiger partial charge in [0.2, 0.25) is 6.86 Å². The minimum absolute atomic E-state index is 0.185. The first kappa shape index (κ1) is 14.3. The van der Waals surface area contributed by atoms with Crippen LogP contribution in [0, 0.1) is 5.92 Å². The summed E-state index contributed by atoms with van der Waals surface area (Å²) in [6.07, 6.45) is 6.51. The van der Waals surface area contributed by atoms with Crippen LogP contribution in [0.2, 0.25) is 0 Å². The molecule has 0 aliphatic heterocycles. The number of rotatable bonds is 6. The maximum absolute atomic E-state index is 12.2. The fraction of sp³-hybridized carbons (Fsp3) is 0.625. The second-order valence-electron chi connectivity index (χ2n) is 5.37. The van der Waals surface area contributed by atoms with E-state index in [9.17, 15) is 8.78 Å². The van der Waals surface area contributed by atoms with E-state index in [2.05, 4.69) is 0 Å². The van der Waals surface area contributed by atoms with Gasteiger partial charge in [0.1, 0.15) is 5.75 Å². The minimum Gasteiger partial charge on any atom is -0.463 e. The summed E-state index contributed by atoms with van der Waals surface area (Å²) in [6.45, 7) is -0.963. The first-order valence-electron chi connectivity index (χ1n) is 7.18. The Morgan fingerprint density at radius 3 is 2.26 bits per heavy atom. The molecule has 1 fully saturated rings. The fourth-order valence-corrected chi connectivity index (χ4v) is 3.05. The van der Waals surface area contributed by atoms with Crippen LogP contribution in [-0.4, -0.2) is 13.5 Å². The monoisotopic (exact) mass is 268 g/mol. The van der Waals surface area contributed by atoms with Crippen LogP contribution in [0.25, 0.3) is 0 Å². The molecule has 0 heterocycles. The lowest BCUT2D eigenvalue weighted by Crippen LogP contribution is -2.13.